The number of carbonyl (C=O) groups excluding carboxylic acids is 3. The molecule has 3 aromatic carbocycles. The van der Waals surface area contributed by atoms with E-state index in [0.29, 0.717) is 45.3 Å². The summed E-state index contributed by atoms with van der Waals surface area (Å²) in [5, 5.41) is 0.153. The van der Waals surface area contributed by atoms with E-state index in [1.807, 2.05) is 19.1 Å². The molecule has 1 fully saturated rings. The number of benzene rings is 3. The van der Waals surface area contributed by atoms with Crippen LogP contribution in [0.2, 0.25) is 5.02 Å². The molecule has 0 bridgehead atoms. The smallest absolute Gasteiger partial charge is 0.293 e. The summed E-state index contributed by atoms with van der Waals surface area (Å²) in [5.41, 5.74) is 2.00. The molecule has 1 aliphatic heterocycles. The van der Waals surface area contributed by atoms with Gasteiger partial charge in [-0.2, -0.15) is 0 Å². The van der Waals surface area contributed by atoms with Gasteiger partial charge in [0.25, 0.3) is 11.1 Å². The molecule has 0 aliphatic carbocycles. The first-order valence-corrected chi connectivity index (χ1v) is 13.9. The van der Waals surface area contributed by atoms with Crippen LogP contribution in [0, 0.1) is 0 Å². The van der Waals surface area contributed by atoms with Crippen LogP contribution in [0.15, 0.2) is 74.5 Å². The Bertz CT molecular complexity index is 1380. The maximum absolute atomic E-state index is 13.0. The number of Topliss-reactive ketones (excluding diaryl/α,β-unsaturated/α-hetero) is 1. The molecule has 190 valence electrons. The van der Waals surface area contributed by atoms with Crippen molar-refractivity contribution < 1.29 is 23.9 Å². The summed E-state index contributed by atoms with van der Waals surface area (Å²) in [4.78, 5) is 39.3. The number of nitrogens with zero attached hydrogens (tertiary/aromatic N) is 1. The fourth-order valence-corrected chi connectivity index (χ4v) is 5.27. The molecule has 0 spiro atoms. The van der Waals surface area contributed by atoms with Crippen molar-refractivity contribution in [3.05, 3.63) is 96.2 Å². The van der Waals surface area contributed by atoms with E-state index in [1.54, 1.807) is 54.6 Å². The molecule has 6 nitrogen and oxygen atoms in total. The molecule has 0 aromatic heterocycles. The quantitative estimate of drug-likeness (QED) is 0.172. The summed E-state index contributed by atoms with van der Waals surface area (Å²) >= 11 is 13.6. The van der Waals surface area contributed by atoms with Crippen molar-refractivity contribution in [1.29, 1.82) is 0 Å². The Hall–Kier alpha value is -2.59. The van der Waals surface area contributed by atoms with Crippen LogP contribution in [0.25, 0.3) is 6.08 Å². The number of hydrogen-bond acceptors (Lipinski definition) is 6. The minimum atomic E-state index is -0.516. The number of imide groups is 1. The van der Waals surface area contributed by atoms with E-state index in [1.165, 1.54) is 0 Å². The fourth-order valence-electron chi connectivity index (χ4n) is 3.47. The molecule has 1 heterocycles. The van der Waals surface area contributed by atoms with Crippen LogP contribution in [0.5, 0.6) is 11.5 Å². The zero-order valence-electron chi connectivity index (χ0n) is 19.5. The molecule has 4 rings (SSSR count). The zero-order chi connectivity index (χ0) is 26.5. The molecule has 0 atom stereocenters. The first-order chi connectivity index (χ1) is 17.7. The van der Waals surface area contributed by atoms with Crippen molar-refractivity contribution in [2.75, 3.05) is 13.2 Å². The van der Waals surface area contributed by atoms with Gasteiger partial charge >= 0.3 is 0 Å². The second kappa shape index (κ2) is 12.3. The van der Waals surface area contributed by atoms with Crippen LogP contribution in [0.3, 0.4) is 0 Å². The number of rotatable bonds is 9. The summed E-state index contributed by atoms with van der Waals surface area (Å²) in [6.45, 7) is 2.24. The average molecular weight is 666 g/mol. The number of amides is 2. The minimum absolute atomic E-state index is 0.220. The molecule has 0 saturated carbocycles. The Morgan fingerprint density at radius 2 is 1.73 bits per heavy atom. The van der Waals surface area contributed by atoms with Gasteiger partial charge in [0.15, 0.2) is 17.3 Å². The van der Waals surface area contributed by atoms with E-state index in [0.717, 1.165) is 26.7 Å². The standard InChI is InChI=1S/C27H20Br2ClNO5S/c1-2-35-23-12-17(11-21(29)25(23)36-15-16-3-9-20(30)10-4-16)13-24-26(33)31(27(34)37-24)14-22(32)18-5-7-19(28)8-6-18/h3-13H,2,14-15H2,1H3/b24-13+. The molecule has 1 aliphatic rings. The third kappa shape index (κ3) is 6.84. The van der Waals surface area contributed by atoms with Crippen molar-refractivity contribution in [1.82, 2.24) is 4.90 Å². The van der Waals surface area contributed by atoms with Crippen molar-refractivity contribution >= 4 is 78.2 Å². The predicted octanol–water partition coefficient (Wildman–Crippen LogP) is 7.76. The van der Waals surface area contributed by atoms with Gasteiger partial charge in [0.2, 0.25) is 0 Å². The molecule has 10 heteroatoms. The Kier molecular flexibility index (Phi) is 9.13. The molecule has 0 unspecified atom stereocenters. The number of hydrogen-bond donors (Lipinski definition) is 0. The average Bonchev–Trinajstić information content (AvgIpc) is 3.12. The summed E-state index contributed by atoms with van der Waals surface area (Å²) < 4.78 is 13.3. The highest BCUT2D eigenvalue weighted by Crippen LogP contribution is 2.40. The lowest BCUT2D eigenvalue weighted by molar-refractivity contribution is -0.122. The number of thioether (sulfide) groups is 1. The third-order valence-corrected chi connectivity index (χ3v) is 7.54. The normalized spacial score (nSPS) is 14.4. The van der Waals surface area contributed by atoms with Gasteiger partial charge in [-0.3, -0.25) is 19.3 Å². The molecule has 2 amide bonds. The van der Waals surface area contributed by atoms with Gasteiger partial charge in [-0.25, -0.2) is 0 Å². The summed E-state index contributed by atoms with van der Waals surface area (Å²) in [6.07, 6.45) is 1.60. The van der Waals surface area contributed by atoms with Crippen LogP contribution in [-0.4, -0.2) is 35.0 Å². The third-order valence-electron chi connectivity index (χ3n) is 5.27. The summed E-state index contributed by atoms with van der Waals surface area (Å²) in [5.74, 6) is 0.168. The van der Waals surface area contributed by atoms with Crippen LogP contribution in [0.1, 0.15) is 28.4 Å². The van der Waals surface area contributed by atoms with Gasteiger partial charge in [-0.15, -0.1) is 0 Å². The number of ketones is 1. The number of halogens is 3. The number of ether oxygens (including phenoxy) is 2. The summed E-state index contributed by atoms with van der Waals surface area (Å²) in [6, 6.07) is 17.6. The van der Waals surface area contributed by atoms with Crippen molar-refractivity contribution in [2.45, 2.75) is 13.5 Å². The second-order valence-electron chi connectivity index (χ2n) is 7.88. The van der Waals surface area contributed by atoms with E-state index < -0.39 is 11.1 Å². The second-order valence-corrected chi connectivity index (χ2v) is 11.1. The maximum Gasteiger partial charge on any atom is 0.293 e. The lowest BCUT2D eigenvalue weighted by atomic mass is 10.1. The molecule has 1 saturated heterocycles. The lowest BCUT2D eigenvalue weighted by Gasteiger charge is -2.15. The first-order valence-electron chi connectivity index (χ1n) is 11.1. The Morgan fingerprint density at radius 1 is 1.03 bits per heavy atom. The maximum atomic E-state index is 13.0. The van der Waals surface area contributed by atoms with Crippen LogP contribution in [-0.2, 0) is 11.4 Å². The monoisotopic (exact) mass is 663 g/mol. The number of carbonyl (C=O) groups is 3. The zero-order valence-corrected chi connectivity index (χ0v) is 24.2. The lowest BCUT2D eigenvalue weighted by Crippen LogP contribution is -2.33. The first kappa shape index (κ1) is 27.4. The van der Waals surface area contributed by atoms with Gasteiger partial charge in [-0.05, 0) is 88.2 Å². The highest BCUT2D eigenvalue weighted by molar-refractivity contribution is 9.10. The molecule has 37 heavy (non-hydrogen) atoms. The molecule has 0 radical (unpaired) electrons. The van der Waals surface area contributed by atoms with Crippen LogP contribution < -0.4 is 9.47 Å². The Balaban J connectivity index is 1.52. The highest BCUT2D eigenvalue weighted by atomic mass is 79.9. The Labute approximate surface area is 240 Å². The molecular formula is C27H20Br2ClNO5S. The van der Waals surface area contributed by atoms with Gasteiger partial charge in [-0.1, -0.05) is 51.8 Å². The molecule has 0 N–H and O–H groups in total. The Morgan fingerprint density at radius 3 is 2.41 bits per heavy atom. The van der Waals surface area contributed by atoms with Gasteiger partial charge in [0, 0.05) is 15.1 Å². The van der Waals surface area contributed by atoms with Gasteiger partial charge in [0.05, 0.1) is 22.5 Å². The van der Waals surface area contributed by atoms with Crippen molar-refractivity contribution in [3.63, 3.8) is 0 Å². The van der Waals surface area contributed by atoms with Gasteiger partial charge in [0.1, 0.15) is 6.61 Å². The van der Waals surface area contributed by atoms with E-state index in [-0.39, 0.29) is 17.2 Å². The predicted molar refractivity (Wildman–Crippen MR) is 152 cm³/mol. The molecular weight excluding hydrogens is 646 g/mol. The topological polar surface area (TPSA) is 72.9 Å². The summed E-state index contributed by atoms with van der Waals surface area (Å²) in [7, 11) is 0. The highest BCUT2D eigenvalue weighted by Gasteiger charge is 2.36. The van der Waals surface area contributed by atoms with Crippen LogP contribution in [0.4, 0.5) is 4.79 Å². The van der Waals surface area contributed by atoms with Crippen LogP contribution >= 0.6 is 55.2 Å². The minimum Gasteiger partial charge on any atom is -0.490 e. The van der Waals surface area contributed by atoms with E-state index in [2.05, 4.69) is 31.9 Å². The fraction of sp³-hybridized carbons (Fsp3) is 0.148. The van der Waals surface area contributed by atoms with Crippen molar-refractivity contribution in [3.8, 4) is 11.5 Å². The van der Waals surface area contributed by atoms with E-state index >= 15 is 0 Å². The van der Waals surface area contributed by atoms with Crippen molar-refractivity contribution in [2.24, 2.45) is 0 Å². The van der Waals surface area contributed by atoms with E-state index in [4.69, 9.17) is 21.1 Å². The molecule has 3 aromatic rings. The SMILES string of the molecule is CCOc1cc(/C=C2/SC(=O)N(CC(=O)c3ccc(Br)cc3)C2=O)cc(Br)c1OCc1ccc(Cl)cc1. The van der Waals surface area contributed by atoms with E-state index in [9.17, 15) is 14.4 Å². The van der Waals surface area contributed by atoms with Gasteiger partial charge < -0.3 is 9.47 Å². The largest absolute Gasteiger partial charge is 0.490 e.